The van der Waals surface area contributed by atoms with E-state index in [1.807, 2.05) is 0 Å². The summed E-state index contributed by atoms with van der Waals surface area (Å²) in [5.41, 5.74) is 4.36. The quantitative estimate of drug-likeness (QED) is 0.873. The van der Waals surface area contributed by atoms with Gasteiger partial charge in [-0.2, -0.15) is 0 Å². The Bertz CT molecular complexity index is 444. The number of anilines is 1. The van der Waals surface area contributed by atoms with Gasteiger partial charge in [-0.3, -0.25) is 4.79 Å². The SMILES string of the molecule is CC(C)(N)C(C)(C)C(=O)Nc1cc(F)cc(F)c1. The number of rotatable bonds is 3. The third kappa shape index (κ3) is 3.04. The molecule has 0 unspecified atom stereocenters. The van der Waals surface area contributed by atoms with Crippen molar-refractivity contribution >= 4 is 11.6 Å². The molecular formula is C13H18F2N2O. The van der Waals surface area contributed by atoms with E-state index in [0.717, 1.165) is 18.2 Å². The zero-order chi connectivity index (χ0) is 14.1. The summed E-state index contributed by atoms with van der Waals surface area (Å²) in [6, 6.07) is 2.86. The first-order chi connectivity index (χ1) is 8.04. The first-order valence-corrected chi connectivity index (χ1v) is 5.60. The number of nitrogens with one attached hydrogen (secondary N) is 1. The Morgan fingerprint density at radius 1 is 1.11 bits per heavy atom. The van der Waals surface area contributed by atoms with E-state index in [1.54, 1.807) is 27.7 Å². The summed E-state index contributed by atoms with van der Waals surface area (Å²) in [6.45, 7) is 6.80. The highest BCUT2D eigenvalue weighted by Gasteiger charge is 2.40. The second kappa shape index (κ2) is 4.65. The van der Waals surface area contributed by atoms with Crippen molar-refractivity contribution in [1.82, 2.24) is 0 Å². The topological polar surface area (TPSA) is 55.1 Å². The van der Waals surface area contributed by atoms with E-state index in [1.165, 1.54) is 0 Å². The Morgan fingerprint density at radius 3 is 1.94 bits per heavy atom. The lowest BCUT2D eigenvalue weighted by Gasteiger charge is -2.36. The van der Waals surface area contributed by atoms with Gasteiger partial charge in [0.2, 0.25) is 5.91 Å². The number of carbonyl (C=O) groups is 1. The van der Waals surface area contributed by atoms with Crippen molar-refractivity contribution in [3.05, 3.63) is 29.8 Å². The fraction of sp³-hybridized carbons (Fsp3) is 0.462. The molecule has 0 aromatic heterocycles. The summed E-state index contributed by atoms with van der Waals surface area (Å²) in [5.74, 6) is -1.87. The number of halogens is 2. The van der Waals surface area contributed by atoms with Gasteiger partial charge in [-0.15, -0.1) is 0 Å². The predicted molar refractivity (Wildman–Crippen MR) is 67.0 cm³/mol. The van der Waals surface area contributed by atoms with E-state index >= 15 is 0 Å². The van der Waals surface area contributed by atoms with E-state index in [4.69, 9.17) is 5.73 Å². The maximum absolute atomic E-state index is 13.0. The van der Waals surface area contributed by atoms with Crippen molar-refractivity contribution in [2.45, 2.75) is 33.2 Å². The van der Waals surface area contributed by atoms with Crippen LogP contribution >= 0.6 is 0 Å². The fourth-order valence-corrected chi connectivity index (χ4v) is 1.21. The van der Waals surface area contributed by atoms with E-state index in [2.05, 4.69) is 5.32 Å². The average molecular weight is 256 g/mol. The van der Waals surface area contributed by atoms with Crippen LogP contribution in [0, 0.1) is 17.0 Å². The average Bonchev–Trinajstić information content (AvgIpc) is 2.13. The van der Waals surface area contributed by atoms with Crippen LogP contribution in [-0.2, 0) is 4.79 Å². The predicted octanol–water partition coefficient (Wildman–Crippen LogP) is 2.67. The number of amides is 1. The lowest BCUT2D eigenvalue weighted by Crippen LogP contribution is -2.53. The Balaban J connectivity index is 2.95. The highest BCUT2D eigenvalue weighted by atomic mass is 19.1. The van der Waals surface area contributed by atoms with Gasteiger partial charge in [0.1, 0.15) is 11.6 Å². The molecule has 3 nitrogen and oxygen atoms in total. The minimum absolute atomic E-state index is 0.0785. The highest BCUT2D eigenvalue weighted by molar-refractivity contribution is 5.95. The van der Waals surface area contributed by atoms with Crippen LogP contribution in [0.25, 0.3) is 0 Å². The first kappa shape index (κ1) is 14.6. The summed E-state index contributed by atoms with van der Waals surface area (Å²) < 4.78 is 26.0. The van der Waals surface area contributed by atoms with Crippen molar-refractivity contribution in [2.75, 3.05) is 5.32 Å². The van der Waals surface area contributed by atoms with Crippen molar-refractivity contribution < 1.29 is 13.6 Å². The van der Waals surface area contributed by atoms with Crippen LogP contribution in [0.5, 0.6) is 0 Å². The summed E-state index contributed by atoms with van der Waals surface area (Å²) >= 11 is 0. The van der Waals surface area contributed by atoms with Crippen LogP contribution in [0.3, 0.4) is 0 Å². The smallest absolute Gasteiger partial charge is 0.231 e. The molecule has 0 spiro atoms. The lowest BCUT2D eigenvalue weighted by molar-refractivity contribution is -0.126. The Morgan fingerprint density at radius 2 is 1.56 bits per heavy atom. The van der Waals surface area contributed by atoms with Crippen LogP contribution in [0.15, 0.2) is 18.2 Å². The normalized spacial score (nSPS) is 12.4. The number of benzene rings is 1. The standard InChI is InChI=1S/C13H18F2N2O/c1-12(2,13(3,4)16)11(18)17-10-6-8(14)5-9(15)7-10/h5-7H,16H2,1-4H3,(H,17,18). The molecule has 1 aromatic rings. The van der Waals surface area contributed by atoms with Gasteiger partial charge in [0.15, 0.2) is 0 Å². The third-order valence-corrected chi connectivity index (χ3v) is 3.30. The van der Waals surface area contributed by atoms with Crippen molar-refractivity contribution in [3.8, 4) is 0 Å². The van der Waals surface area contributed by atoms with Gasteiger partial charge < -0.3 is 11.1 Å². The molecule has 0 saturated heterocycles. The minimum Gasteiger partial charge on any atom is -0.325 e. The molecule has 1 amide bonds. The summed E-state index contributed by atoms with van der Waals surface area (Å²) in [7, 11) is 0. The van der Waals surface area contributed by atoms with Gasteiger partial charge in [-0.1, -0.05) is 0 Å². The second-order valence-corrected chi connectivity index (χ2v) is 5.46. The van der Waals surface area contributed by atoms with Crippen molar-refractivity contribution in [2.24, 2.45) is 11.1 Å². The second-order valence-electron chi connectivity index (χ2n) is 5.46. The summed E-state index contributed by atoms with van der Waals surface area (Å²) in [6.07, 6.45) is 0. The molecule has 5 heteroatoms. The maximum Gasteiger partial charge on any atom is 0.231 e. The van der Waals surface area contributed by atoms with Crippen molar-refractivity contribution in [1.29, 1.82) is 0 Å². The van der Waals surface area contributed by atoms with Crippen LogP contribution in [-0.4, -0.2) is 11.4 Å². The molecule has 0 heterocycles. The summed E-state index contributed by atoms with van der Waals surface area (Å²) in [5, 5.41) is 2.47. The van der Waals surface area contributed by atoms with Crippen LogP contribution < -0.4 is 11.1 Å². The van der Waals surface area contributed by atoms with Crippen LogP contribution in [0.4, 0.5) is 14.5 Å². The Labute approximate surface area is 105 Å². The van der Waals surface area contributed by atoms with E-state index < -0.39 is 22.6 Å². The van der Waals surface area contributed by atoms with Gasteiger partial charge in [-0.05, 0) is 39.8 Å². The molecule has 0 aliphatic heterocycles. The molecule has 0 fully saturated rings. The van der Waals surface area contributed by atoms with Gasteiger partial charge in [-0.25, -0.2) is 8.78 Å². The molecular weight excluding hydrogens is 238 g/mol. The Kier molecular flexibility index (Phi) is 3.76. The van der Waals surface area contributed by atoms with Gasteiger partial charge in [0.05, 0.1) is 5.41 Å². The number of hydrogen-bond acceptors (Lipinski definition) is 2. The molecule has 0 atom stereocenters. The number of hydrogen-bond donors (Lipinski definition) is 2. The zero-order valence-electron chi connectivity index (χ0n) is 11.0. The molecule has 18 heavy (non-hydrogen) atoms. The molecule has 3 N–H and O–H groups in total. The third-order valence-electron chi connectivity index (χ3n) is 3.30. The van der Waals surface area contributed by atoms with Gasteiger partial charge in [0.25, 0.3) is 0 Å². The zero-order valence-corrected chi connectivity index (χ0v) is 11.0. The van der Waals surface area contributed by atoms with E-state index in [-0.39, 0.29) is 11.6 Å². The molecule has 1 aromatic carbocycles. The molecule has 0 radical (unpaired) electrons. The molecule has 1 rings (SSSR count). The number of nitrogens with two attached hydrogens (primary N) is 1. The molecule has 100 valence electrons. The number of carbonyl (C=O) groups excluding carboxylic acids is 1. The molecule has 0 bridgehead atoms. The van der Waals surface area contributed by atoms with E-state index in [0.29, 0.717) is 0 Å². The Hall–Kier alpha value is -1.49. The van der Waals surface area contributed by atoms with Gasteiger partial charge >= 0.3 is 0 Å². The highest BCUT2D eigenvalue weighted by Crippen LogP contribution is 2.30. The first-order valence-electron chi connectivity index (χ1n) is 5.60. The maximum atomic E-state index is 13.0. The van der Waals surface area contributed by atoms with E-state index in [9.17, 15) is 13.6 Å². The molecule has 0 aliphatic carbocycles. The molecule has 0 aliphatic rings. The molecule has 0 saturated carbocycles. The van der Waals surface area contributed by atoms with Crippen molar-refractivity contribution in [3.63, 3.8) is 0 Å². The minimum atomic E-state index is -0.879. The monoisotopic (exact) mass is 256 g/mol. The van der Waals surface area contributed by atoms with Crippen LogP contribution in [0.2, 0.25) is 0 Å². The van der Waals surface area contributed by atoms with Gasteiger partial charge in [0, 0.05) is 17.3 Å². The fourth-order valence-electron chi connectivity index (χ4n) is 1.21. The lowest BCUT2D eigenvalue weighted by atomic mass is 9.74. The largest absolute Gasteiger partial charge is 0.325 e. The summed E-state index contributed by atoms with van der Waals surface area (Å²) in [4.78, 5) is 12.1. The van der Waals surface area contributed by atoms with Crippen LogP contribution in [0.1, 0.15) is 27.7 Å².